The lowest BCUT2D eigenvalue weighted by Crippen LogP contribution is -2.30. The molecule has 0 rings (SSSR count). The quantitative estimate of drug-likeness (QED) is 0.0261. The molecule has 0 aliphatic rings. The Balaban J connectivity index is 4.17. The van der Waals surface area contributed by atoms with E-state index in [4.69, 9.17) is 14.2 Å². The van der Waals surface area contributed by atoms with Gasteiger partial charge in [0.25, 0.3) is 0 Å². The van der Waals surface area contributed by atoms with Crippen molar-refractivity contribution < 1.29 is 28.6 Å². The zero-order valence-corrected chi connectivity index (χ0v) is 48.4. The molecule has 6 nitrogen and oxygen atoms in total. The first-order valence-corrected chi connectivity index (χ1v) is 31.4. The Bertz CT molecular complexity index is 1360. The van der Waals surface area contributed by atoms with Crippen LogP contribution in [-0.4, -0.2) is 37.2 Å². The highest BCUT2D eigenvalue weighted by molar-refractivity contribution is 5.71. The summed E-state index contributed by atoms with van der Waals surface area (Å²) in [6, 6.07) is 0. The van der Waals surface area contributed by atoms with Gasteiger partial charge in [-0.1, -0.05) is 286 Å². The molecule has 0 radical (unpaired) electrons. The molecule has 0 N–H and O–H groups in total. The molecule has 0 aromatic heterocycles. The normalized spacial score (nSPS) is 12.5. The van der Waals surface area contributed by atoms with Crippen molar-refractivity contribution in [3.05, 3.63) is 72.9 Å². The number of rotatable bonds is 57. The van der Waals surface area contributed by atoms with Crippen molar-refractivity contribution in [2.24, 2.45) is 0 Å². The molecule has 0 aliphatic heterocycles. The molecule has 422 valence electrons. The van der Waals surface area contributed by atoms with Gasteiger partial charge >= 0.3 is 17.9 Å². The van der Waals surface area contributed by atoms with E-state index in [2.05, 4.69) is 93.7 Å². The largest absolute Gasteiger partial charge is 0.462 e. The molecule has 6 heteroatoms. The number of carbonyl (C=O) groups excluding carboxylic acids is 3. The minimum atomic E-state index is -0.802. The monoisotopic (exact) mass is 1020 g/mol. The van der Waals surface area contributed by atoms with Gasteiger partial charge in [-0.05, 0) is 83.5 Å². The van der Waals surface area contributed by atoms with E-state index in [-0.39, 0.29) is 37.5 Å². The summed E-state index contributed by atoms with van der Waals surface area (Å²) in [6.45, 7) is 6.49. The molecule has 0 saturated carbocycles. The van der Waals surface area contributed by atoms with E-state index in [1.807, 2.05) is 0 Å². The lowest BCUT2D eigenvalue weighted by Gasteiger charge is -2.18. The smallest absolute Gasteiger partial charge is 0.306 e. The number of carbonyl (C=O) groups is 3. The van der Waals surface area contributed by atoms with Crippen molar-refractivity contribution in [1.29, 1.82) is 0 Å². The summed E-state index contributed by atoms with van der Waals surface area (Å²) in [4.78, 5) is 38.1. The van der Waals surface area contributed by atoms with Gasteiger partial charge in [0.1, 0.15) is 13.2 Å². The predicted octanol–water partition coefficient (Wildman–Crippen LogP) is 21.3. The van der Waals surface area contributed by atoms with Gasteiger partial charge in [-0.2, -0.15) is 0 Å². The van der Waals surface area contributed by atoms with E-state index in [9.17, 15) is 14.4 Å². The van der Waals surface area contributed by atoms with E-state index >= 15 is 0 Å². The van der Waals surface area contributed by atoms with Crippen molar-refractivity contribution in [1.82, 2.24) is 0 Å². The fraction of sp³-hybridized carbons (Fsp3) is 0.776. The highest BCUT2D eigenvalue weighted by Gasteiger charge is 2.19. The summed E-state index contributed by atoms with van der Waals surface area (Å²) in [7, 11) is 0. The standard InChI is InChI=1S/C67H118O6/c1-4-7-10-13-16-19-21-23-25-27-28-29-30-31-32-33-34-35-36-37-38-40-41-43-45-48-51-54-57-60-66(69)72-63-64(62-71-65(68)59-56-53-50-47-18-15-12-9-6-3)73-67(70)61-58-55-52-49-46-44-42-39-26-24-22-20-17-14-11-8-5-2/h8,11,17,20,24,26-28,42,44,49,52,64H,4-7,9-10,12-16,18-19,21-23,25,29-41,43,45-48,50-51,53-63H2,1-3H3/b11-8-,20-17-,26-24-,28-27-,44-42-,52-49-. The molecule has 0 saturated heterocycles. The number of unbranched alkanes of at least 4 members (excludes halogenated alkanes) is 34. The lowest BCUT2D eigenvalue weighted by molar-refractivity contribution is -0.167. The number of esters is 3. The lowest BCUT2D eigenvalue weighted by atomic mass is 10.0. The SMILES string of the molecule is CC/C=C\C/C=C\C/C=C\C/C=C\C/C=C\CCCC(=O)OC(COC(=O)CCCCCCCCCCC)COC(=O)CCCCCCCCCCCCCCCCCCC/C=C\CCCCCCCCCC. The first-order valence-electron chi connectivity index (χ1n) is 31.4. The number of ether oxygens (including phenoxy) is 3. The first kappa shape index (κ1) is 69.8. The third-order valence-electron chi connectivity index (χ3n) is 13.7. The molecule has 0 spiro atoms. The average Bonchev–Trinajstić information content (AvgIpc) is 3.39. The minimum Gasteiger partial charge on any atom is -0.462 e. The fourth-order valence-electron chi connectivity index (χ4n) is 9.00. The third kappa shape index (κ3) is 59.6. The minimum absolute atomic E-state index is 0.0948. The number of hydrogen-bond acceptors (Lipinski definition) is 6. The van der Waals surface area contributed by atoms with E-state index < -0.39 is 6.10 Å². The summed E-state index contributed by atoms with van der Waals surface area (Å²) in [5.41, 5.74) is 0. The van der Waals surface area contributed by atoms with Crippen LogP contribution >= 0.6 is 0 Å². The van der Waals surface area contributed by atoms with E-state index in [0.717, 1.165) is 77.0 Å². The molecule has 0 fully saturated rings. The van der Waals surface area contributed by atoms with Gasteiger partial charge in [0.15, 0.2) is 6.10 Å². The second kappa shape index (κ2) is 61.4. The van der Waals surface area contributed by atoms with Crippen molar-refractivity contribution in [3.63, 3.8) is 0 Å². The van der Waals surface area contributed by atoms with Crippen LogP contribution in [0, 0.1) is 0 Å². The summed E-state index contributed by atoms with van der Waals surface area (Å²) in [6.07, 6.45) is 79.4. The highest BCUT2D eigenvalue weighted by atomic mass is 16.6. The van der Waals surface area contributed by atoms with Gasteiger partial charge in [0.2, 0.25) is 0 Å². The molecule has 1 atom stereocenters. The Morgan fingerprint density at radius 3 is 0.890 bits per heavy atom. The number of hydrogen-bond donors (Lipinski definition) is 0. The predicted molar refractivity (Wildman–Crippen MR) is 316 cm³/mol. The Hall–Kier alpha value is -3.15. The van der Waals surface area contributed by atoms with E-state index in [1.165, 1.54) is 193 Å². The molecule has 1 unspecified atom stereocenters. The van der Waals surface area contributed by atoms with Gasteiger partial charge in [-0.15, -0.1) is 0 Å². The van der Waals surface area contributed by atoms with Crippen LogP contribution < -0.4 is 0 Å². The van der Waals surface area contributed by atoms with Gasteiger partial charge in [-0.25, -0.2) is 0 Å². The second-order valence-electron chi connectivity index (χ2n) is 20.9. The molecule has 0 aliphatic carbocycles. The van der Waals surface area contributed by atoms with Crippen molar-refractivity contribution in [2.45, 2.75) is 322 Å². The van der Waals surface area contributed by atoms with Gasteiger partial charge in [-0.3, -0.25) is 14.4 Å². The highest BCUT2D eigenvalue weighted by Crippen LogP contribution is 2.17. The maximum absolute atomic E-state index is 12.8. The molecular weight excluding hydrogens is 901 g/mol. The van der Waals surface area contributed by atoms with Crippen LogP contribution in [0.5, 0.6) is 0 Å². The fourth-order valence-corrected chi connectivity index (χ4v) is 9.00. The van der Waals surface area contributed by atoms with Crippen LogP contribution in [-0.2, 0) is 28.6 Å². The van der Waals surface area contributed by atoms with Crippen molar-refractivity contribution >= 4 is 17.9 Å². The average molecular weight is 1020 g/mol. The zero-order chi connectivity index (χ0) is 52.9. The summed E-state index contributed by atoms with van der Waals surface area (Å²) >= 11 is 0. The molecular formula is C67H118O6. The van der Waals surface area contributed by atoms with Crippen LogP contribution in [0.25, 0.3) is 0 Å². The first-order chi connectivity index (χ1) is 36.0. The summed E-state index contributed by atoms with van der Waals surface area (Å²) in [5.74, 6) is -0.945. The molecule has 0 bridgehead atoms. The third-order valence-corrected chi connectivity index (χ3v) is 13.7. The topological polar surface area (TPSA) is 78.9 Å². The van der Waals surface area contributed by atoms with Crippen LogP contribution in [0.15, 0.2) is 72.9 Å². The Labute approximate surface area is 453 Å². The summed E-state index contributed by atoms with van der Waals surface area (Å²) < 4.78 is 16.8. The number of allylic oxidation sites excluding steroid dienone is 12. The Morgan fingerprint density at radius 2 is 0.548 bits per heavy atom. The molecule has 0 aromatic carbocycles. The van der Waals surface area contributed by atoms with Crippen molar-refractivity contribution in [3.8, 4) is 0 Å². The van der Waals surface area contributed by atoms with Gasteiger partial charge in [0, 0.05) is 19.3 Å². The van der Waals surface area contributed by atoms with Crippen LogP contribution in [0.3, 0.4) is 0 Å². The molecule has 0 amide bonds. The van der Waals surface area contributed by atoms with Crippen molar-refractivity contribution in [2.75, 3.05) is 13.2 Å². The Kier molecular flexibility index (Phi) is 58.7. The maximum atomic E-state index is 12.8. The maximum Gasteiger partial charge on any atom is 0.306 e. The van der Waals surface area contributed by atoms with E-state index in [1.54, 1.807) is 0 Å². The Morgan fingerprint density at radius 1 is 0.288 bits per heavy atom. The second-order valence-corrected chi connectivity index (χ2v) is 20.9. The molecule has 0 heterocycles. The van der Waals surface area contributed by atoms with E-state index in [0.29, 0.717) is 19.3 Å². The van der Waals surface area contributed by atoms with Crippen LogP contribution in [0.2, 0.25) is 0 Å². The molecule has 0 aromatic rings. The van der Waals surface area contributed by atoms with Gasteiger partial charge < -0.3 is 14.2 Å². The zero-order valence-electron chi connectivity index (χ0n) is 48.4. The molecule has 73 heavy (non-hydrogen) atoms. The van der Waals surface area contributed by atoms with Crippen LogP contribution in [0.1, 0.15) is 316 Å². The van der Waals surface area contributed by atoms with Gasteiger partial charge in [0.05, 0.1) is 0 Å². The van der Waals surface area contributed by atoms with Crippen LogP contribution in [0.4, 0.5) is 0 Å². The summed E-state index contributed by atoms with van der Waals surface area (Å²) in [5, 5.41) is 0.